The lowest BCUT2D eigenvalue weighted by molar-refractivity contribution is 0.0601. The summed E-state index contributed by atoms with van der Waals surface area (Å²) in [4.78, 5) is 11.2. The van der Waals surface area contributed by atoms with Gasteiger partial charge in [0.25, 0.3) is 0 Å². The predicted octanol–water partition coefficient (Wildman–Crippen LogP) is 2.74. The fraction of sp³-hybridized carbons (Fsp3) is 0.125. The molecule has 78 valence electrons. The minimum atomic E-state index is -0.477. The summed E-state index contributed by atoms with van der Waals surface area (Å²) >= 11 is 7.88. The summed E-state index contributed by atoms with van der Waals surface area (Å²) in [5.74, 6) is -0.477. The molecule has 6 heteroatoms. The number of halogens is 3. The minimum Gasteiger partial charge on any atom is -0.465 e. The van der Waals surface area contributed by atoms with Gasteiger partial charge in [0.05, 0.1) is 17.7 Å². The molecule has 0 atom stereocenters. The molecule has 0 heterocycles. The van der Waals surface area contributed by atoms with Crippen molar-refractivity contribution in [1.29, 1.82) is 0 Å². The molecule has 14 heavy (non-hydrogen) atoms. The average Bonchev–Trinajstić information content (AvgIpc) is 2.10. The summed E-state index contributed by atoms with van der Waals surface area (Å²) in [5.41, 5.74) is 6.34. The van der Waals surface area contributed by atoms with Crippen LogP contribution in [0.5, 0.6) is 0 Å². The summed E-state index contributed by atoms with van der Waals surface area (Å²) in [6.07, 6.45) is 0. The van der Waals surface area contributed by atoms with Crippen molar-refractivity contribution < 1.29 is 9.53 Å². The molecule has 0 aliphatic heterocycles. The zero-order chi connectivity index (χ0) is 10.0. The van der Waals surface area contributed by atoms with Crippen molar-refractivity contribution in [2.24, 2.45) is 0 Å². The Labute approximate surface area is 106 Å². The highest BCUT2D eigenvalue weighted by Gasteiger charge is 2.13. The van der Waals surface area contributed by atoms with Gasteiger partial charge in [0, 0.05) is 9.26 Å². The Morgan fingerprint density at radius 2 is 2.14 bits per heavy atom. The summed E-state index contributed by atoms with van der Waals surface area (Å²) in [5, 5.41) is 0.377. The fourth-order valence-corrected chi connectivity index (χ4v) is 1.70. The number of methoxy groups -OCH3 is 1. The van der Waals surface area contributed by atoms with Crippen molar-refractivity contribution >= 4 is 58.3 Å². The molecule has 0 radical (unpaired) electrons. The first-order chi connectivity index (χ1) is 6.06. The number of rotatable bonds is 1. The number of carbonyl (C=O) groups is 1. The second-order valence-corrected chi connectivity index (χ2v) is 3.90. The lowest BCUT2D eigenvalue weighted by Crippen LogP contribution is -2.04. The van der Waals surface area contributed by atoms with E-state index in [1.807, 2.05) is 22.6 Å². The fourth-order valence-electron chi connectivity index (χ4n) is 0.869. The van der Waals surface area contributed by atoms with Gasteiger partial charge >= 0.3 is 5.97 Å². The standard InChI is InChI=1S/C8H7ClINO2.ClH/c1-13-8(12)5-2-4(11)3-6(10)7(5)9;/h2-3H,11H2,1H3;1H. The van der Waals surface area contributed by atoms with Crippen molar-refractivity contribution in [3.63, 3.8) is 0 Å². The van der Waals surface area contributed by atoms with Crippen LogP contribution in [0.3, 0.4) is 0 Å². The van der Waals surface area contributed by atoms with Gasteiger partial charge in [0.1, 0.15) is 0 Å². The Balaban J connectivity index is 0.00000169. The van der Waals surface area contributed by atoms with Crippen molar-refractivity contribution in [2.45, 2.75) is 0 Å². The SMILES string of the molecule is COC(=O)c1cc(N)cc(I)c1Cl.Cl. The molecular weight excluding hydrogens is 340 g/mol. The molecule has 0 aliphatic rings. The number of nitrogens with two attached hydrogens (primary N) is 1. The normalized spacial score (nSPS) is 9.07. The van der Waals surface area contributed by atoms with Gasteiger partial charge in [-0.2, -0.15) is 0 Å². The van der Waals surface area contributed by atoms with E-state index in [4.69, 9.17) is 17.3 Å². The zero-order valence-electron chi connectivity index (χ0n) is 7.21. The Hall–Kier alpha value is -0.200. The lowest BCUT2D eigenvalue weighted by atomic mass is 10.2. The van der Waals surface area contributed by atoms with E-state index in [9.17, 15) is 4.79 Å². The van der Waals surface area contributed by atoms with Crippen molar-refractivity contribution in [3.05, 3.63) is 26.3 Å². The molecule has 0 saturated heterocycles. The number of esters is 1. The van der Waals surface area contributed by atoms with Crippen molar-refractivity contribution in [3.8, 4) is 0 Å². The third-order valence-corrected chi connectivity index (χ3v) is 3.03. The lowest BCUT2D eigenvalue weighted by Gasteiger charge is -2.05. The summed E-state index contributed by atoms with van der Waals surface area (Å²) in [6.45, 7) is 0. The number of hydrogen-bond donors (Lipinski definition) is 1. The molecule has 0 amide bonds. The number of carbonyl (C=O) groups excluding carboxylic acids is 1. The average molecular weight is 348 g/mol. The highest BCUT2D eigenvalue weighted by atomic mass is 127. The summed E-state index contributed by atoms with van der Waals surface area (Å²) in [7, 11) is 1.30. The van der Waals surface area contributed by atoms with Crippen LogP contribution in [0, 0.1) is 3.57 Å². The van der Waals surface area contributed by atoms with Crippen molar-refractivity contribution in [2.75, 3.05) is 12.8 Å². The Morgan fingerprint density at radius 1 is 1.57 bits per heavy atom. The van der Waals surface area contributed by atoms with Gasteiger partial charge in [0.15, 0.2) is 0 Å². The first-order valence-electron chi connectivity index (χ1n) is 3.39. The molecule has 0 aliphatic carbocycles. The van der Waals surface area contributed by atoms with E-state index in [-0.39, 0.29) is 12.4 Å². The van der Waals surface area contributed by atoms with Crippen LogP contribution in [0.1, 0.15) is 10.4 Å². The van der Waals surface area contributed by atoms with Crippen LogP contribution in [0.15, 0.2) is 12.1 Å². The van der Waals surface area contributed by atoms with Gasteiger partial charge in [-0.15, -0.1) is 12.4 Å². The molecule has 1 aromatic carbocycles. The largest absolute Gasteiger partial charge is 0.465 e. The zero-order valence-corrected chi connectivity index (χ0v) is 10.9. The van der Waals surface area contributed by atoms with Crippen LogP contribution in [-0.2, 0) is 4.74 Å². The van der Waals surface area contributed by atoms with Crippen LogP contribution < -0.4 is 5.73 Å². The van der Waals surface area contributed by atoms with E-state index in [0.717, 1.165) is 3.57 Å². The first-order valence-corrected chi connectivity index (χ1v) is 4.84. The molecule has 3 nitrogen and oxygen atoms in total. The van der Waals surface area contributed by atoms with Gasteiger partial charge < -0.3 is 10.5 Å². The van der Waals surface area contributed by atoms with E-state index in [1.165, 1.54) is 13.2 Å². The van der Waals surface area contributed by atoms with Crippen LogP contribution in [0.25, 0.3) is 0 Å². The second-order valence-electron chi connectivity index (χ2n) is 2.36. The number of benzene rings is 1. The highest BCUT2D eigenvalue weighted by Crippen LogP contribution is 2.26. The third kappa shape index (κ3) is 2.90. The molecular formula is C8H8Cl2INO2. The van der Waals surface area contributed by atoms with E-state index in [2.05, 4.69) is 4.74 Å². The first kappa shape index (κ1) is 13.8. The maximum absolute atomic E-state index is 11.2. The van der Waals surface area contributed by atoms with E-state index in [1.54, 1.807) is 6.07 Å². The van der Waals surface area contributed by atoms with E-state index < -0.39 is 5.97 Å². The molecule has 0 fully saturated rings. The van der Waals surface area contributed by atoms with E-state index >= 15 is 0 Å². The maximum Gasteiger partial charge on any atom is 0.339 e. The van der Waals surface area contributed by atoms with Gasteiger partial charge in [-0.05, 0) is 34.7 Å². The van der Waals surface area contributed by atoms with Crippen LogP contribution in [-0.4, -0.2) is 13.1 Å². The molecule has 0 saturated carbocycles. The molecule has 0 unspecified atom stereocenters. The molecule has 0 aromatic heterocycles. The van der Waals surface area contributed by atoms with E-state index in [0.29, 0.717) is 16.3 Å². The Morgan fingerprint density at radius 3 is 2.64 bits per heavy atom. The van der Waals surface area contributed by atoms with Crippen LogP contribution >= 0.6 is 46.6 Å². The monoisotopic (exact) mass is 347 g/mol. The second kappa shape index (κ2) is 5.63. The minimum absolute atomic E-state index is 0. The maximum atomic E-state index is 11.2. The van der Waals surface area contributed by atoms with Crippen molar-refractivity contribution in [1.82, 2.24) is 0 Å². The quantitative estimate of drug-likeness (QED) is 0.483. The topological polar surface area (TPSA) is 52.3 Å². The Kier molecular flexibility index (Phi) is 5.54. The molecule has 0 bridgehead atoms. The molecule has 1 rings (SSSR count). The van der Waals surface area contributed by atoms with Gasteiger partial charge in [-0.25, -0.2) is 4.79 Å². The third-order valence-electron chi connectivity index (χ3n) is 1.46. The summed E-state index contributed by atoms with van der Waals surface area (Å²) < 4.78 is 5.28. The number of ether oxygens (including phenoxy) is 1. The highest BCUT2D eigenvalue weighted by molar-refractivity contribution is 14.1. The van der Waals surface area contributed by atoms with Gasteiger partial charge in [0.2, 0.25) is 0 Å². The van der Waals surface area contributed by atoms with Crippen LogP contribution in [0.2, 0.25) is 5.02 Å². The van der Waals surface area contributed by atoms with Gasteiger partial charge in [-0.3, -0.25) is 0 Å². The molecule has 2 N–H and O–H groups in total. The van der Waals surface area contributed by atoms with Gasteiger partial charge in [-0.1, -0.05) is 11.6 Å². The van der Waals surface area contributed by atoms with Crippen LogP contribution in [0.4, 0.5) is 5.69 Å². The smallest absolute Gasteiger partial charge is 0.339 e. The summed E-state index contributed by atoms with van der Waals surface area (Å²) in [6, 6.07) is 3.19. The predicted molar refractivity (Wildman–Crippen MR) is 67.2 cm³/mol. The molecule has 1 aromatic rings. The number of hydrogen-bond acceptors (Lipinski definition) is 3. The Bertz CT molecular complexity index is 357. The molecule has 0 spiro atoms. The number of anilines is 1. The number of nitrogen functional groups attached to an aromatic ring is 1.